The van der Waals surface area contributed by atoms with E-state index in [2.05, 4.69) is 4.98 Å². The van der Waals surface area contributed by atoms with E-state index in [-0.39, 0.29) is 6.10 Å². The Hall–Kier alpha value is -0.450. The number of rotatable bonds is 3. The van der Waals surface area contributed by atoms with Crippen molar-refractivity contribution in [1.82, 2.24) is 4.98 Å². The third kappa shape index (κ3) is 2.44. The Bertz CT molecular complexity index is 353. The van der Waals surface area contributed by atoms with Crippen LogP contribution in [0.4, 0.5) is 0 Å². The molecule has 0 saturated heterocycles. The normalized spacial score (nSPS) is 30.6. The third-order valence-electron chi connectivity index (χ3n) is 3.33. The second-order valence-electron chi connectivity index (χ2n) is 4.63. The summed E-state index contributed by atoms with van der Waals surface area (Å²) in [7, 11) is 1.69. The zero-order valence-electron chi connectivity index (χ0n) is 9.90. The van der Waals surface area contributed by atoms with Gasteiger partial charge in [0.1, 0.15) is 0 Å². The van der Waals surface area contributed by atoms with Crippen LogP contribution < -0.4 is 0 Å². The smallest absolute Gasteiger partial charge is 0.0971 e. The lowest BCUT2D eigenvalue weighted by atomic mass is 9.80. The monoisotopic (exact) mass is 241 g/mol. The van der Waals surface area contributed by atoms with Crippen LogP contribution in [-0.2, 0) is 11.2 Å². The Kier molecular flexibility index (Phi) is 3.62. The lowest BCUT2D eigenvalue weighted by molar-refractivity contribution is -0.116. The molecule has 1 aliphatic rings. The average molecular weight is 241 g/mol. The molecule has 0 aromatic carbocycles. The number of aliphatic hydroxyl groups is 1. The van der Waals surface area contributed by atoms with Crippen LogP contribution in [0.25, 0.3) is 0 Å². The molecule has 0 amide bonds. The zero-order chi connectivity index (χ0) is 11.6. The molecule has 1 saturated carbocycles. The molecule has 0 spiro atoms. The SMILES string of the molecule is COC1CCCCC1(O)Cc1nc(C)cs1. The third-order valence-corrected chi connectivity index (χ3v) is 4.30. The van der Waals surface area contributed by atoms with E-state index in [1.54, 1.807) is 18.4 Å². The molecule has 3 nitrogen and oxygen atoms in total. The first kappa shape index (κ1) is 12.0. The van der Waals surface area contributed by atoms with E-state index in [1.807, 2.05) is 12.3 Å². The molecule has 4 heteroatoms. The first-order chi connectivity index (χ1) is 7.64. The number of hydrogen-bond acceptors (Lipinski definition) is 4. The van der Waals surface area contributed by atoms with E-state index in [9.17, 15) is 5.11 Å². The molecule has 1 fully saturated rings. The van der Waals surface area contributed by atoms with Crippen LogP contribution in [0.15, 0.2) is 5.38 Å². The van der Waals surface area contributed by atoms with E-state index >= 15 is 0 Å². The molecule has 2 unspecified atom stereocenters. The van der Waals surface area contributed by atoms with Gasteiger partial charge in [0.05, 0.1) is 16.7 Å². The van der Waals surface area contributed by atoms with Gasteiger partial charge < -0.3 is 9.84 Å². The summed E-state index contributed by atoms with van der Waals surface area (Å²) in [5.41, 5.74) is 0.325. The summed E-state index contributed by atoms with van der Waals surface area (Å²) in [6.07, 6.45) is 4.61. The van der Waals surface area contributed by atoms with Crippen LogP contribution in [0.3, 0.4) is 0 Å². The minimum Gasteiger partial charge on any atom is -0.387 e. The van der Waals surface area contributed by atoms with Gasteiger partial charge in [0.15, 0.2) is 0 Å². The van der Waals surface area contributed by atoms with Crippen LogP contribution in [0.1, 0.15) is 36.4 Å². The topological polar surface area (TPSA) is 42.4 Å². The summed E-state index contributed by atoms with van der Waals surface area (Å²) in [5, 5.41) is 13.7. The van der Waals surface area contributed by atoms with Crippen molar-refractivity contribution in [3.63, 3.8) is 0 Å². The quantitative estimate of drug-likeness (QED) is 0.883. The van der Waals surface area contributed by atoms with Crippen LogP contribution in [-0.4, -0.2) is 28.9 Å². The van der Waals surface area contributed by atoms with E-state index in [0.717, 1.165) is 36.4 Å². The van der Waals surface area contributed by atoms with Gasteiger partial charge in [0.25, 0.3) is 0 Å². The average Bonchev–Trinajstić information content (AvgIpc) is 2.64. The Morgan fingerprint density at radius 3 is 3.06 bits per heavy atom. The van der Waals surface area contributed by atoms with Gasteiger partial charge in [-0.1, -0.05) is 12.8 Å². The Morgan fingerprint density at radius 1 is 1.62 bits per heavy atom. The summed E-state index contributed by atoms with van der Waals surface area (Å²) < 4.78 is 5.41. The molecule has 1 aliphatic carbocycles. The molecule has 1 N–H and O–H groups in total. The van der Waals surface area contributed by atoms with Crippen molar-refractivity contribution in [2.45, 2.75) is 50.7 Å². The molecule has 2 atom stereocenters. The maximum atomic E-state index is 10.6. The molecule has 90 valence electrons. The molecule has 2 rings (SSSR count). The number of nitrogens with zero attached hydrogens (tertiary/aromatic N) is 1. The fourth-order valence-corrected chi connectivity index (χ4v) is 3.36. The Morgan fingerprint density at radius 2 is 2.44 bits per heavy atom. The van der Waals surface area contributed by atoms with E-state index in [1.165, 1.54) is 0 Å². The molecule has 0 radical (unpaired) electrons. The van der Waals surface area contributed by atoms with Gasteiger partial charge in [-0.25, -0.2) is 4.98 Å². The van der Waals surface area contributed by atoms with E-state index in [0.29, 0.717) is 6.42 Å². The van der Waals surface area contributed by atoms with Crippen molar-refractivity contribution in [2.24, 2.45) is 0 Å². The van der Waals surface area contributed by atoms with Gasteiger partial charge in [0.2, 0.25) is 0 Å². The highest BCUT2D eigenvalue weighted by atomic mass is 32.1. The van der Waals surface area contributed by atoms with Crippen LogP contribution in [0.2, 0.25) is 0 Å². The molecule has 1 aromatic heterocycles. The van der Waals surface area contributed by atoms with Crippen LogP contribution in [0.5, 0.6) is 0 Å². The fourth-order valence-electron chi connectivity index (χ4n) is 2.48. The van der Waals surface area contributed by atoms with Crippen LogP contribution >= 0.6 is 11.3 Å². The molecule has 16 heavy (non-hydrogen) atoms. The van der Waals surface area contributed by atoms with Gasteiger partial charge in [0, 0.05) is 24.6 Å². The van der Waals surface area contributed by atoms with Gasteiger partial charge in [-0.3, -0.25) is 0 Å². The second-order valence-corrected chi connectivity index (χ2v) is 5.58. The molecule has 0 bridgehead atoms. The number of thiazole rings is 1. The summed E-state index contributed by atoms with van der Waals surface area (Å²) in [5.74, 6) is 0. The second kappa shape index (κ2) is 4.82. The first-order valence-electron chi connectivity index (χ1n) is 5.80. The number of methoxy groups -OCH3 is 1. The standard InChI is InChI=1S/C12H19NO2S/c1-9-8-16-11(13-9)7-12(14)6-4-3-5-10(12)15-2/h8,10,14H,3-7H2,1-2H3. The van der Waals surface area contributed by atoms with Crippen molar-refractivity contribution in [3.8, 4) is 0 Å². The fraction of sp³-hybridized carbons (Fsp3) is 0.750. The number of aryl methyl sites for hydroxylation is 1. The largest absolute Gasteiger partial charge is 0.387 e. The highest BCUT2D eigenvalue weighted by Gasteiger charge is 2.39. The number of ether oxygens (including phenoxy) is 1. The van der Waals surface area contributed by atoms with Crippen molar-refractivity contribution in [2.75, 3.05) is 7.11 Å². The molecule has 1 heterocycles. The van der Waals surface area contributed by atoms with E-state index in [4.69, 9.17) is 4.74 Å². The first-order valence-corrected chi connectivity index (χ1v) is 6.68. The zero-order valence-corrected chi connectivity index (χ0v) is 10.7. The summed E-state index contributed by atoms with van der Waals surface area (Å²) in [4.78, 5) is 4.42. The maximum absolute atomic E-state index is 10.6. The number of hydrogen-bond donors (Lipinski definition) is 1. The lowest BCUT2D eigenvalue weighted by Gasteiger charge is -2.38. The predicted octanol–water partition coefficient (Wildman–Crippen LogP) is 2.31. The Balaban J connectivity index is 2.10. The number of aromatic nitrogens is 1. The maximum Gasteiger partial charge on any atom is 0.0971 e. The summed E-state index contributed by atoms with van der Waals surface area (Å²) >= 11 is 1.63. The van der Waals surface area contributed by atoms with Crippen molar-refractivity contribution < 1.29 is 9.84 Å². The molecular weight excluding hydrogens is 222 g/mol. The summed E-state index contributed by atoms with van der Waals surface area (Å²) in [6.45, 7) is 1.98. The minimum atomic E-state index is -0.711. The van der Waals surface area contributed by atoms with Gasteiger partial charge >= 0.3 is 0 Å². The molecule has 1 aromatic rings. The van der Waals surface area contributed by atoms with Crippen molar-refractivity contribution >= 4 is 11.3 Å². The van der Waals surface area contributed by atoms with E-state index < -0.39 is 5.60 Å². The minimum absolute atomic E-state index is 0.0366. The van der Waals surface area contributed by atoms with Crippen LogP contribution in [0, 0.1) is 6.92 Å². The highest BCUT2D eigenvalue weighted by Crippen LogP contribution is 2.33. The van der Waals surface area contributed by atoms with Crippen molar-refractivity contribution in [1.29, 1.82) is 0 Å². The molecular formula is C12H19NO2S. The highest BCUT2D eigenvalue weighted by molar-refractivity contribution is 7.09. The van der Waals surface area contributed by atoms with Gasteiger partial charge in [-0.15, -0.1) is 11.3 Å². The lowest BCUT2D eigenvalue weighted by Crippen LogP contribution is -2.47. The molecule has 0 aliphatic heterocycles. The summed E-state index contributed by atoms with van der Waals surface area (Å²) in [6, 6.07) is 0. The Labute approximate surface area is 100 Å². The van der Waals surface area contributed by atoms with Gasteiger partial charge in [-0.2, -0.15) is 0 Å². The van der Waals surface area contributed by atoms with Crippen molar-refractivity contribution in [3.05, 3.63) is 16.1 Å². The van der Waals surface area contributed by atoms with Gasteiger partial charge in [-0.05, 0) is 19.8 Å². The predicted molar refractivity (Wildman–Crippen MR) is 64.8 cm³/mol.